The molecule has 102 valence electrons. The summed E-state index contributed by atoms with van der Waals surface area (Å²) in [6.45, 7) is 2.62. The molecule has 0 fully saturated rings. The van der Waals surface area contributed by atoms with Crippen LogP contribution in [0.15, 0.2) is 18.2 Å². The van der Waals surface area contributed by atoms with E-state index in [1.54, 1.807) is 0 Å². The highest BCUT2D eigenvalue weighted by Crippen LogP contribution is 2.26. The highest BCUT2D eigenvalue weighted by Gasteiger charge is 2.19. The standard InChI is InChI=1S/C14H19N3O2/c1-9(16-13(18)5-6-15-2)10-3-4-12-11(7-10)8-14(19)17-12/h3-4,7,9,15H,5-6,8H2,1-2H3,(H,16,18)(H,17,19). The molecular weight excluding hydrogens is 242 g/mol. The van der Waals surface area contributed by atoms with Crippen LogP contribution in [0.5, 0.6) is 0 Å². The van der Waals surface area contributed by atoms with Gasteiger partial charge in [0.15, 0.2) is 0 Å². The van der Waals surface area contributed by atoms with Gasteiger partial charge < -0.3 is 16.0 Å². The third-order valence-electron chi connectivity index (χ3n) is 3.23. The molecular formula is C14H19N3O2. The van der Waals surface area contributed by atoms with Crippen molar-refractivity contribution in [3.63, 3.8) is 0 Å². The average Bonchev–Trinajstić information content (AvgIpc) is 2.75. The van der Waals surface area contributed by atoms with Gasteiger partial charge in [-0.15, -0.1) is 0 Å². The van der Waals surface area contributed by atoms with Crippen LogP contribution in [0.2, 0.25) is 0 Å². The fourth-order valence-corrected chi connectivity index (χ4v) is 2.15. The summed E-state index contributed by atoms with van der Waals surface area (Å²) < 4.78 is 0. The van der Waals surface area contributed by atoms with Crippen molar-refractivity contribution >= 4 is 17.5 Å². The first-order chi connectivity index (χ1) is 9.10. The van der Waals surface area contributed by atoms with E-state index in [-0.39, 0.29) is 17.9 Å². The molecule has 1 atom stereocenters. The summed E-state index contributed by atoms with van der Waals surface area (Å²) in [7, 11) is 1.82. The summed E-state index contributed by atoms with van der Waals surface area (Å²) >= 11 is 0. The van der Waals surface area contributed by atoms with Crippen LogP contribution in [0.1, 0.15) is 30.5 Å². The number of nitrogens with one attached hydrogen (secondary N) is 3. The maximum absolute atomic E-state index is 11.7. The molecule has 0 bridgehead atoms. The molecule has 0 aliphatic carbocycles. The van der Waals surface area contributed by atoms with Crippen molar-refractivity contribution in [1.82, 2.24) is 10.6 Å². The summed E-state index contributed by atoms with van der Waals surface area (Å²) in [5.41, 5.74) is 2.90. The lowest BCUT2D eigenvalue weighted by atomic mass is 10.0. The molecule has 19 heavy (non-hydrogen) atoms. The van der Waals surface area contributed by atoms with Gasteiger partial charge in [-0.25, -0.2) is 0 Å². The maximum atomic E-state index is 11.7. The van der Waals surface area contributed by atoms with E-state index >= 15 is 0 Å². The molecule has 0 saturated heterocycles. The largest absolute Gasteiger partial charge is 0.350 e. The number of amides is 2. The first kappa shape index (κ1) is 13.5. The Balaban J connectivity index is 2.00. The molecule has 0 aromatic heterocycles. The molecule has 3 N–H and O–H groups in total. The highest BCUT2D eigenvalue weighted by atomic mass is 16.2. The minimum absolute atomic E-state index is 0.0246. The van der Waals surface area contributed by atoms with E-state index < -0.39 is 0 Å². The fraction of sp³-hybridized carbons (Fsp3) is 0.429. The number of benzene rings is 1. The van der Waals surface area contributed by atoms with Crippen molar-refractivity contribution in [3.8, 4) is 0 Å². The molecule has 1 aromatic rings. The average molecular weight is 261 g/mol. The van der Waals surface area contributed by atoms with Crippen LogP contribution in [0.25, 0.3) is 0 Å². The predicted molar refractivity (Wildman–Crippen MR) is 73.9 cm³/mol. The van der Waals surface area contributed by atoms with Crippen LogP contribution < -0.4 is 16.0 Å². The summed E-state index contributed by atoms with van der Waals surface area (Å²) in [4.78, 5) is 22.9. The van der Waals surface area contributed by atoms with Gasteiger partial charge in [0.2, 0.25) is 11.8 Å². The van der Waals surface area contributed by atoms with Gasteiger partial charge in [0.05, 0.1) is 12.5 Å². The smallest absolute Gasteiger partial charge is 0.228 e. The van der Waals surface area contributed by atoms with Gasteiger partial charge in [0.1, 0.15) is 0 Å². The second-order valence-corrected chi connectivity index (χ2v) is 4.78. The van der Waals surface area contributed by atoms with Crippen LogP contribution in [0.3, 0.4) is 0 Å². The topological polar surface area (TPSA) is 70.2 Å². The van der Waals surface area contributed by atoms with Gasteiger partial charge in [0.25, 0.3) is 0 Å². The Bertz CT molecular complexity index is 499. The summed E-state index contributed by atoms with van der Waals surface area (Å²) in [6.07, 6.45) is 0.884. The van der Waals surface area contributed by atoms with Gasteiger partial charge in [-0.2, -0.15) is 0 Å². The van der Waals surface area contributed by atoms with E-state index in [1.807, 2.05) is 32.2 Å². The summed E-state index contributed by atoms with van der Waals surface area (Å²) in [5.74, 6) is 0.0504. The number of hydrogen-bond acceptors (Lipinski definition) is 3. The maximum Gasteiger partial charge on any atom is 0.228 e. The molecule has 1 aromatic carbocycles. The first-order valence-electron chi connectivity index (χ1n) is 6.47. The van der Waals surface area contributed by atoms with Crippen molar-refractivity contribution in [1.29, 1.82) is 0 Å². The van der Waals surface area contributed by atoms with Gasteiger partial charge >= 0.3 is 0 Å². The minimum Gasteiger partial charge on any atom is -0.350 e. The molecule has 1 aliphatic heterocycles. The molecule has 1 aliphatic rings. The van der Waals surface area contributed by atoms with E-state index in [0.717, 1.165) is 16.8 Å². The van der Waals surface area contributed by atoms with Gasteiger partial charge in [-0.05, 0) is 31.2 Å². The Morgan fingerprint density at radius 1 is 1.47 bits per heavy atom. The van der Waals surface area contributed by atoms with Crippen molar-refractivity contribution in [3.05, 3.63) is 29.3 Å². The third kappa shape index (κ3) is 3.32. The second kappa shape index (κ2) is 5.84. The van der Waals surface area contributed by atoms with Crippen LogP contribution in [0, 0.1) is 0 Å². The highest BCUT2D eigenvalue weighted by molar-refractivity contribution is 5.99. The number of rotatable bonds is 5. The lowest BCUT2D eigenvalue weighted by Gasteiger charge is -2.15. The Labute approximate surface area is 112 Å². The monoisotopic (exact) mass is 261 g/mol. The van der Waals surface area contributed by atoms with Crippen LogP contribution in [-0.2, 0) is 16.0 Å². The molecule has 2 amide bonds. The Hall–Kier alpha value is -1.88. The molecule has 5 heteroatoms. The number of fused-ring (bicyclic) bond motifs is 1. The molecule has 1 heterocycles. The number of carbonyl (C=O) groups excluding carboxylic acids is 2. The number of carbonyl (C=O) groups is 2. The summed E-state index contributed by atoms with van der Waals surface area (Å²) in [5, 5.41) is 8.69. The minimum atomic E-state index is -0.0506. The van der Waals surface area contributed by atoms with E-state index in [9.17, 15) is 9.59 Å². The molecule has 0 saturated carbocycles. The van der Waals surface area contributed by atoms with Gasteiger partial charge in [0, 0.05) is 18.7 Å². The Kier molecular flexibility index (Phi) is 4.16. The molecule has 2 rings (SSSR count). The summed E-state index contributed by atoms with van der Waals surface area (Å²) in [6, 6.07) is 5.76. The van der Waals surface area contributed by atoms with Crippen LogP contribution in [0.4, 0.5) is 5.69 Å². The lowest BCUT2D eigenvalue weighted by Crippen LogP contribution is -2.29. The SMILES string of the molecule is CNCCC(=O)NC(C)c1ccc2c(c1)CC(=O)N2. The zero-order valence-electron chi connectivity index (χ0n) is 11.2. The molecule has 0 radical (unpaired) electrons. The quantitative estimate of drug-likeness (QED) is 0.739. The number of anilines is 1. The normalized spacial score (nSPS) is 14.7. The van der Waals surface area contributed by atoms with Crippen LogP contribution >= 0.6 is 0 Å². The van der Waals surface area contributed by atoms with E-state index in [1.165, 1.54) is 0 Å². The predicted octanol–water partition coefficient (Wildman–Crippen LogP) is 0.968. The Morgan fingerprint density at radius 2 is 2.26 bits per heavy atom. The first-order valence-corrected chi connectivity index (χ1v) is 6.47. The second-order valence-electron chi connectivity index (χ2n) is 4.78. The number of hydrogen-bond donors (Lipinski definition) is 3. The van der Waals surface area contributed by atoms with Gasteiger partial charge in [-0.1, -0.05) is 12.1 Å². The van der Waals surface area contributed by atoms with E-state index in [2.05, 4.69) is 16.0 Å². The van der Waals surface area contributed by atoms with Gasteiger partial charge in [-0.3, -0.25) is 9.59 Å². The molecule has 1 unspecified atom stereocenters. The van der Waals surface area contributed by atoms with Crippen molar-refractivity contribution < 1.29 is 9.59 Å². The Morgan fingerprint density at radius 3 is 3.00 bits per heavy atom. The van der Waals surface area contributed by atoms with E-state index in [0.29, 0.717) is 19.4 Å². The zero-order chi connectivity index (χ0) is 13.8. The van der Waals surface area contributed by atoms with Crippen LogP contribution in [-0.4, -0.2) is 25.4 Å². The zero-order valence-corrected chi connectivity index (χ0v) is 11.2. The lowest BCUT2D eigenvalue weighted by molar-refractivity contribution is -0.121. The van der Waals surface area contributed by atoms with Crippen molar-refractivity contribution in [2.45, 2.75) is 25.8 Å². The van der Waals surface area contributed by atoms with Crippen molar-refractivity contribution in [2.24, 2.45) is 0 Å². The molecule has 0 spiro atoms. The fourth-order valence-electron chi connectivity index (χ4n) is 2.15. The van der Waals surface area contributed by atoms with Crippen molar-refractivity contribution in [2.75, 3.05) is 18.9 Å². The third-order valence-corrected chi connectivity index (χ3v) is 3.23. The van der Waals surface area contributed by atoms with E-state index in [4.69, 9.17) is 0 Å². The molecule has 5 nitrogen and oxygen atoms in total.